The zero-order valence-electron chi connectivity index (χ0n) is 10.1. The van der Waals surface area contributed by atoms with Crippen molar-refractivity contribution in [1.82, 2.24) is 5.16 Å². The number of nitrogens with two attached hydrogens (primary N) is 1. The Kier molecular flexibility index (Phi) is 3.32. The number of aromatic nitrogens is 1. The van der Waals surface area contributed by atoms with Crippen molar-refractivity contribution in [3.63, 3.8) is 0 Å². The largest absolute Gasteiger partial charge is 0.494 e. The lowest BCUT2D eigenvalue weighted by Crippen LogP contribution is -1.96. The Labute approximate surface area is 100 Å². The summed E-state index contributed by atoms with van der Waals surface area (Å²) in [5, 5.41) is 3.90. The molecule has 0 aliphatic rings. The number of hydrogen-bond acceptors (Lipinski definition) is 4. The van der Waals surface area contributed by atoms with Gasteiger partial charge in [0.25, 0.3) is 0 Å². The first-order valence-electron chi connectivity index (χ1n) is 5.72. The molecule has 0 fully saturated rings. The monoisotopic (exact) mass is 232 g/mol. The molecule has 1 heterocycles. The van der Waals surface area contributed by atoms with Gasteiger partial charge in [0.2, 0.25) is 5.88 Å². The first-order chi connectivity index (χ1) is 8.24. The van der Waals surface area contributed by atoms with Crippen LogP contribution in [0.3, 0.4) is 0 Å². The van der Waals surface area contributed by atoms with Crippen LogP contribution in [0.25, 0.3) is 11.3 Å². The van der Waals surface area contributed by atoms with Crippen LogP contribution in [-0.2, 0) is 6.42 Å². The van der Waals surface area contributed by atoms with Gasteiger partial charge in [0, 0.05) is 11.6 Å². The normalized spacial score (nSPS) is 10.5. The van der Waals surface area contributed by atoms with E-state index in [0.29, 0.717) is 12.5 Å². The molecule has 4 nitrogen and oxygen atoms in total. The predicted octanol–water partition coefficient (Wildman–Crippen LogP) is 2.88. The topological polar surface area (TPSA) is 61.3 Å². The molecule has 0 radical (unpaired) electrons. The fraction of sp³-hybridized carbons (Fsp3) is 0.308. The summed E-state index contributed by atoms with van der Waals surface area (Å²) in [7, 11) is 0. The minimum Gasteiger partial charge on any atom is -0.494 e. The van der Waals surface area contributed by atoms with E-state index in [1.54, 1.807) is 6.07 Å². The quantitative estimate of drug-likeness (QED) is 0.880. The van der Waals surface area contributed by atoms with Gasteiger partial charge < -0.3 is 15.0 Å². The summed E-state index contributed by atoms with van der Waals surface area (Å²) < 4.78 is 10.4. The Balaban J connectivity index is 2.37. The van der Waals surface area contributed by atoms with E-state index in [1.165, 1.54) is 0 Å². The maximum atomic E-state index is 5.56. The van der Waals surface area contributed by atoms with E-state index in [2.05, 4.69) is 18.1 Å². The SMILES string of the molecule is CCOc1ccc(-c2cc(N)on2)cc1CC. The lowest BCUT2D eigenvalue weighted by atomic mass is 10.1. The van der Waals surface area contributed by atoms with Crippen LogP contribution in [0.4, 0.5) is 5.88 Å². The fourth-order valence-corrected chi connectivity index (χ4v) is 1.74. The Morgan fingerprint density at radius 3 is 2.71 bits per heavy atom. The summed E-state index contributed by atoms with van der Waals surface area (Å²) in [5.74, 6) is 1.25. The van der Waals surface area contributed by atoms with Crippen LogP contribution in [0.15, 0.2) is 28.8 Å². The average Bonchev–Trinajstić information content (AvgIpc) is 2.77. The molecule has 90 valence electrons. The molecule has 4 heteroatoms. The second-order valence-corrected chi connectivity index (χ2v) is 3.72. The van der Waals surface area contributed by atoms with Crippen molar-refractivity contribution in [3.8, 4) is 17.0 Å². The lowest BCUT2D eigenvalue weighted by molar-refractivity contribution is 0.337. The molecule has 0 saturated heterocycles. The summed E-state index contributed by atoms with van der Waals surface area (Å²) in [4.78, 5) is 0. The predicted molar refractivity (Wildman–Crippen MR) is 66.9 cm³/mol. The molecule has 0 unspecified atom stereocenters. The molecule has 2 aromatic rings. The van der Waals surface area contributed by atoms with Crippen molar-refractivity contribution >= 4 is 5.88 Å². The van der Waals surface area contributed by atoms with E-state index in [1.807, 2.05) is 19.1 Å². The van der Waals surface area contributed by atoms with Crippen LogP contribution < -0.4 is 10.5 Å². The van der Waals surface area contributed by atoms with Crippen LogP contribution >= 0.6 is 0 Å². The van der Waals surface area contributed by atoms with E-state index < -0.39 is 0 Å². The van der Waals surface area contributed by atoms with Crippen molar-refractivity contribution < 1.29 is 9.26 Å². The van der Waals surface area contributed by atoms with E-state index >= 15 is 0 Å². The van der Waals surface area contributed by atoms with Crippen LogP contribution in [0.1, 0.15) is 19.4 Å². The van der Waals surface area contributed by atoms with Crippen LogP contribution in [0, 0.1) is 0 Å². The van der Waals surface area contributed by atoms with Crippen molar-refractivity contribution in [1.29, 1.82) is 0 Å². The fourth-order valence-electron chi connectivity index (χ4n) is 1.74. The standard InChI is InChI=1S/C13H16N2O2/c1-3-9-7-10(5-6-12(9)16-4-2)11-8-13(14)17-15-11/h5-8H,3-4,14H2,1-2H3. The highest BCUT2D eigenvalue weighted by atomic mass is 16.5. The third-order valence-electron chi connectivity index (χ3n) is 2.57. The van der Waals surface area contributed by atoms with Gasteiger partial charge in [-0.05, 0) is 37.1 Å². The van der Waals surface area contributed by atoms with Crippen LogP contribution in [-0.4, -0.2) is 11.8 Å². The number of hydrogen-bond donors (Lipinski definition) is 1. The molecule has 2 rings (SSSR count). The molecule has 1 aromatic heterocycles. The van der Waals surface area contributed by atoms with Gasteiger partial charge in [0.1, 0.15) is 11.4 Å². The Bertz CT molecular complexity index is 506. The number of aryl methyl sites for hydroxylation is 1. The molecule has 17 heavy (non-hydrogen) atoms. The lowest BCUT2D eigenvalue weighted by Gasteiger charge is -2.09. The van der Waals surface area contributed by atoms with E-state index in [-0.39, 0.29) is 0 Å². The molecule has 2 N–H and O–H groups in total. The molecule has 0 spiro atoms. The zero-order chi connectivity index (χ0) is 12.3. The first-order valence-corrected chi connectivity index (χ1v) is 5.72. The Morgan fingerprint density at radius 2 is 2.12 bits per heavy atom. The van der Waals surface area contributed by atoms with Crippen molar-refractivity contribution in [2.45, 2.75) is 20.3 Å². The summed E-state index contributed by atoms with van der Waals surface area (Å²) in [6, 6.07) is 7.70. The number of nitrogen functional groups attached to an aromatic ring is 1. The Morgan fingerprint density at radius 1 is 1.29 bits per heavy atom. The minimum atomic E-state index is 0.326. The van der Waals surface area contributed by atoms with E-state index in [9.17, 15) is 0 Å². The summed E-state index contributed by atoms with van der Waals surface area (Å²) >= 11 is 0. The summed E-state index contributed by atoms with van der Waals surface area (Å²) in [5.41, 5.74) is 8.41. The molecular formula is C13H16N2O2. The van der Waals surface area contributed by atoms with Gasteiger partial charge in [-0.15, -0.1) is 0 Å². The second kappa shape index (κ2) is 4.91. The first kappa shape index (κ1) is 11.5. The van der Waals surface area contributed by atoms with E-state index in [0.717, 1.165) is 29.0 Å². The number of benzene rings is 1. The highest BCUT2D eigenvalue weighted by molar-refractivity contribution is 5.63. The molecule has 0 saturated carbocycles. The third kappa shape index (κ3) is 2.41. The molecular weight excluding hydrogens is 216 g/mol. The van der Waals surface area contributed by atoms with Gasteiger partial charge in [0.15, 0.2) is 0 Å². The third-order valence-corrected chi connectivity index (χ3v) is 2.57. The molecule has 0 aliphatic heterocycles. The minimum absolute atomic E-state index is 0.326. The number of ether oxygens (including phenoxy) is 1. The molecule has 0 bridgehead atoms. The van der Waals surface area contributed by atoms with Crippen molar-refractivity contribution in [2.75, 3.05) is 12.3 Å². The molecule has 0 atom stereocenters. The van der Waals surface area contributed by atoms with E-state index in [4.69, 9.17) is 15.0 Å². The van der Waals surface area contributed by atoms with Gasteiger partial charge in [-0.25, -0.2) is 0 Å². The Hall–Kier alpha value is -1.97. The van der Waals surface area contributed by atoms with Crippen LogP contribution in [0.5, 0.6) is 5.75 Å². The summed E-state index contributed by atoms with van der Waals surface area (Å²) in [6.07, 6.45) is 0.913. The van der Waals surface area contributed by atoms with Crippen molar-refractivity contribution in [3.05, 3.63) is 29.8 Å². The zero-order valence-corrected chi connectivity index (χ0v) is 10.1. The molecule has 0 aliphatic carbocycles. The van der Waals surface area contributed by atoms with Crippen LogP contribution in [0.2, 0.25) is 0 Å². The molecule has 0 amide bonds. The van der Waals surface area contributed by atoms with Gasteiger partial charge in [-0.3, -0.25) is 0 Å². The van der Waals surface area contributed by atoms with Gasteiger partial charge in [0.05, 0.1) is 6.61 Å². The number of anilines is 1. The molecule has 1 aromatic carbocycles. The second-order valence-electron chi connectivity index (χ2n) is 3.72. The maximum Gasteiger partial charge on any atom is 0.222 e. The summed E-state index contributed by atoms with van der Waals surface area (Å²) in [6.45, 7) is 4.74. The van der Waals surface area contributed by atoms with Crippen molar-refractivity contribution in [2.24, 2.45) is 0 Å². The highest BCUT2D eigenvalue weighted by Crippen LogP contribution is 2.27. The highest BCUT2D eigenvalue weighted by Gasteiger charge is 2.08. The number of nitrogens with zero attached hydrogens (tertiary/aromatic N) is 1. The number of rotatable bonds is 4. The van der Waals surface area contributed by atoms with Gasteiger partial charge >= 0.3 is 0 Å². The van der Waals surface area contributed by atoms with Gasteiger partial charge in [-0.2, -0.15) is 0 Å². The van der Waals surface area contributed by atoms with Gasteiger partial charge in [-0.1, -0.05) is 12.1 Å². The average molecular weight is 232 g/mol. The smallest absolute Gasteiger partial charge is 0.222 e. The maximum absolute atomic E-state index is 5.56.